The van der Waals surface area contributed by atoms with E-state index < -0.39 is 0 Å². The summed E-state index contributed by atoms with van der Waals surface area (Å²) in [6, 6.07) is 8.23. The monoisotopic (exact) mass is 231 g/mol. The zero-order valence-corrected chi connectivity index (χ0v) is 10.7. The number of carbonyl (C=O) groups is 1. The Morgan fingerprint density at radius 1 is 1.35 bits per heavy atom. The fraction of sp³-hybridized carbons (Fsp3) is 0.533. The third kappa shape index (κ3) is 2.75. The van der Waals surface area contributed by atoms with Crippen LogP contribution in [-0.4, -0.2) is 19.4 Å². The molecule has 0 amide bonds. The molecule has 92 valence electrons. The molecule has 1 aliphatic rings. The largest absolute Gasteiger partial charge is 0.319 e. The maximum atomic E-state index is 12.1. The summed E-state index contributed by atoms with van der Waals surface area (Å²) in [4.78, 5) is 12.1. The molecule has 0 spiro atoms. The Morgan fingerprint density at radius 2 is 2.00 bits per heavy atom. The summed E-state index contributed by atoms with van der Waals surface area (Å²) in [5, 5.41) is 3.05. The van der Waals surface area contributed by atoms with Crippen LogP contribution in [-0.2, 0) is 0 Å². The van der Waals surface area contributed by atoms with Gasteiger partial charge < -0.3 is 5.32 Å². The molecule has 2 heteroatoms. The third-order valence-electron chi connectivity index (χ3n) is 3.73. The highest BCUT2D eigenvalue weighted by molar-refractivity contribution is 5.97. The molecule has 0 radical (unpaired) electrons. The number of Topliss-reactive ketones (excluding diaryl/α,β-unsaturated/α-hetero) is 1. The molecule has 1 aliphatic carbocycles. The molecule has 0 aliphatic heterocycles. The van der Waals surface area contributed by atoms with Crippen molar-refractivity contribution in [2.75, 3.05) is 13.6 Å². The maximum Gasteiger partial charge on any atom is 0.166 e. The van der Waals surface area contributed by atoms with Gasteiger partial charge in [0.2, 0.25) is 0 Å². The average molecular weight is 231 g/mol. The van der Waals surface area contributed by atoms with Gasteiger partial charge in [0, 0.05) is 18.0 Å². The van der Waals surface area contributed by atoms with Gasteiger partial charge >= 0.3 is 0 Å². The first-order valence-electron chi connectivity index (χ1n) is 6.51. The van der Waals surface area contributed by atoms with Crippen molar-refractivity contribution in [3.05, 3.63) is 35.4 Å². The van der Waals surface area contributed by atoms with E-state index in [2.05, 4.69) is 17.4 Å². The number of rotatable bonds is 5. The lowest BCUT2D eigenvalue weighted by molar-refractivity contribution is 0.0930. The van der Waals surface area contributed by atoms with Gasteiger partial charge in [0.05, 0.1) is 0 Å². The normalized spacial score (nSPS) is 17.5. The van der Waals surface area contributed by atoms with Crippen molar-refractivity contribution in [2.24, 2.45) is 5.92 Å². The van der Waals surface area contributed by atoms with Crippen molar-refractivity contribution < 1.29 is 4.79 Å². The fourth-order valence-corrected chi connectivity index (χ4v) is 2.34. The molecule has 2 rings (SSSR count). The molecule has 2 nitrogen and oxygen atoms in total. The number of ketones is 1. The second kappa shape index (κ2) is 5.46. The van der Waals surface area contributed by atoms with E-state index in [4.69, 9.17) is 0 Å². The summed E-state index contributed by atoms with van der Waals surface area (Å²) in [6.07, 6.45) is 3.97. The van der Waals surface area contributed by atoms with E-state index in [1.165, 1.54) is 24.8 Å². The molecular formula is C15H21NO. The van der Waals surface area contributed by atoms with Crippen LogP contribution >= 0.6 is 0 Å². The van der Waals surface area contributed by atoms with E-state index in [0.717, 1.165) is 18.0 Å². The van der Waals surface area contributed by atoms with Crippen LogP contribution in [0.5, 0.6) is 0 Å². The smallest absolute Gasteiger partial charge is 0.166 e. The highest BCUT2D eigenvalue weighted by Crippen LogP contribution is 2.36. The minimum absolute atomic E-state index is 0.0505. The number of benzene rings is 1. The molecule has 1 N–H and O–H groups in total. The second-order valence-electron chi connectivity index (χ2n) is 5.07. The van der Waals surface area contributed by atoms with Gasteiger partial charge in [-0.25, -0.2) is 0 Å². The SMILES string of the molecule is CNCC(C)C(=O)c1ccc(C2CCC2)cc1. The molecular weight excluding hydrogens is 210 g/mol. The van der Waals surface area contributed by atoms with E-state index in [9.17, 15) is 4.79 Å². The van der Waals surface area contributed by atoms with Gasteiger partial charge in [-0.2, -0.15) is 0 Å². The van der Waals surface area contributed by atoms with Crippen molar-refractivity contribution in [3.8, 4) is 0 Å². The van der Waals surface area contributed by atoms with Crippen LogP contribution in [0, 0.1) is 5.92 Å². The topological polar surface area (TPSA) is 29.1 Å². The molecule has 0 bridgehead atoms. The summed E-state index contributed by atoms with van der Waals surface area (Å²) < 4.78 is 0. The molecule has 1 aromatic rings. The van der Waals surface area contributed by atoms with E-state index >= 15 is 0 Å². The van der Waals surface area contributed by atoms with Crippen LogP contribution in [0.1, 0.15) is 48.0 Å². The predicted molar refractivity (Wildman–Crippen MR) is 70.5 cm³/mol. The van der Waals surface area contributed by atoms with E-state index in [1.54, 1.807) is 0 Å². The Bertz CT molecular complexity index is 378. The lowest BCUT2D eigenvalue weighted by Gasteiger charge is -2.25. The second-order valence-corrected chi connectivity index (χ2v) is 5.07. The lowest BCUT2D eigenvalue weighted by atomic mass is 9.80. The van der Waals surface area contributed by atoms with Gasteiger partial charge in [0.15, 0.2) is 5.78 Å². The van der Waals surface area contributed by atoms with Gasteiger partial charge in [0.25, 0.3) is 0 Å². The summed E-state index contributed by atoms with van der Waals surface area (Å²) in [6.45, 7) is 2.71. The third-order valence-corrected chi connectivity index (χ3v) is 3.73. The van der Waals surface area contributed by atoms with Gasteiger partial charge in [0.1, 0.15) is 0 Å². The summed E-state index contributed by atoms with van der Waals surface area (Å²) in [7, 11) is 1.88. The van der Waals surface area contributed by atoms with Gasteiger partial charge in [-0.05, 0) is 31.4 Å². The lowest BCUT2D eigenvalue weighted by Crippen LogP contribution is -2.23. The minimum atomic E-state index is 0.0505. The number of hydrogen-bond acceptors (Lipinski definition) is 2. The van der Waals surface area contributed by atoms with Crippen molar-refractivity contribution in [2.45, 2.75) is 32.1 Å². The first-order chi connectivity index (χ1) is 8.22. The van der Waals surface area contributed by atoms with Crippen molar-refractivity contribution in [3.63, 3.8) is 0 Å². The molecule has 0 saturated heterocycles. The average Bonchev–Trinajstić information content (AvgIpc) is 2.27. The number of hydrogen-bond donors (Lipinski definition) is 1. The summed E-state index contributed by atoms with van der Waals surface area (Å²) in [5.74, 6) is 1.03. The van der Waals surface area contributed by atoms with Crippen molar-refractivity contribution >= 4 is 5.78 Å². The van der Waals surface area contributed by atoms with Gasteiger partial charge in [-0.3, -0.25) is 4.79 Å². The molecule has 1 saturated carbocycles. The Balaban J connectivity index is 2.03. The van der Waals surface area contributed by atoms with Crippen LogP contribution < -0.4 is 5.32 Å². The fourth-order valence-electron chi connectivity index (χ4n) is 2.34. The molecule has 0 aromatic heterocycles. The molecule has 17 heavy (non-hydrogen) atoms. The zero-order valence-electron chi connectivity index (χ0n) is 10.7. The highest BCUT2D eigenvalue weighted by atomic mass is 16.1. The summed E-state index contributed by atoms with van der Waals surface area (Å²) in [5.41, 5.74) is 2.24. The van der Waals surface area contributed by atoms with E-state index in [-0.39, 0.29) is 11.7 Å². The quantitative estimate of drug-likeness (QED) is 0.789. The van der Waals surface area contributed by atoms with E-state index in [1.807, 2.05) is 26.1 Å². The Morgan fingerprint density at radius 3 is 2.47 bits per heavy atom. The van der Waals surface area contributed by atoms with Crippen LogP contribution in [0.25, 0.3) is 0 Å². The number of carbonyl (C=O) groups excluding carboxylic acids is 1. The Kier molecular flexibility index (Phi) is 3.95. The molecule has 1 aromatic carbocycles. The highest BCUT2D eigenvalue weighted by Gasteiger charge is 2.20. The van der Waals surface area contributed by atoms with Gasteiger partial charge in [-0.15, -0.1) is 0 Å². The molecule has 1 fully saturated rings. The van der Waals surface area contributed by atoms with Crippen molar-refractivity contribution in [1.82, 2.24) is 5.32 Å². The number of nitrogens with one attached hydrogen (secondary N) is 1. The first-order valence-corrected chi connectivity index (χ1v) is 6.51. The first kappa shape index (κ1) is 12.3. The Labute approximate surface area is 103 Å². The predicted octanol–water partition coefficient (Wildman–Crippen LogP) is 2.99. The minimum Gasteiger partial charge on any atom is -0.319 e. The zero-order chi connectivity index (χ0) is 12.3. The molecule has 1 unspecified atom stereocenters. The van der Waals surface area contributed by atoms with E-state index in [0.29, 0.717) is 0 Å². The van der Waals surface area contributed by atoms with Crippen LogP contribution in [0.2, 0.25) is 0 Å². The standard InChI is InChI=1S/C15H21NO/c1-11(10-16-2)15(17)14-8-6-13(7-9-14)12-4-3-5-12/h6-9,11-12,16H,3-5,10H2,1-2H3. The summed E-state index contributed by atoms with van der Waals surface area (Å²) >= 11 is 0. The van der Waals surface area contributed by atoms with Crippen LogP contribution in [0.4, 0.5) is 0 Å². The van der Waals surface area contributed by atoms with Crippen LogP contribution in [0.15, 0.2) is 24.3 Å². The molecule has 1 atom stereocenters. The van der Waals surface area contributed by atoms with Crippen LogP contribution in [0.3, 0.4) is 0 Å². The maximum absolute atomic E-state index is 12.1. The van der Waals surface area contributed by atoms with Gasteiger partial charge in [-0.1, -0.05) is 37.6 Å². The molecule has 0 heterocycles. The van der Waals surface area contributed by atoms with Crippen molar-refractivity contribution in [1.29, 1.82) is 0 Å². The Hall–Kier alpha value is -1.15.